The van der Waals surface area contributed by atoms with Crippen LogP contribution in [0.15, 0.2) is 24.3 Å². The van der Waals surface area contributed by atoms with E-state index in [9.17, 15) is 4.79 Å². The number of hydrogen-bond acceptors (Lipinski definition) is 3. The minimum atomic E-state index is -0.458. The first-order valence-corrected chi connectivity index (χ1v) is 6.52. The van der Waals surface area contributed by atoms with Gasteiger partial charge in [0, 0.05) is 17.8 Å². The number of hydrogen-bond donors (Lipinski definition) is 2. The number of nitrogens with two attached hydrogens (primary N) is 1. The summed E-state index contributed by atoms with van der Waals surface area (Å²) in [5.41, 5.74) is 6.09. The number of nitrogens with one attached hydrogen (secondary N) is 1. The Morgan fingerprint density at radius 3 is 2.83 bits per heavy atom. The number of ether oxygens (including phenoxy) is 1. The average Bonchev–Trinajstić information content (AvgIpc) is 2.38. The van der Waals surface area contributed by atoms with Gasteiger partial charge in [-0.05, 0) is 25.0 Å². The molecular formula is C14H20N2O2. The Labute approximate surface area is 108 Å². The molecule has 4 nitrogen and oxygen atoms in total. The molecule has 0 saturated heterocycles. The summed E-state index contributed by atoms with van der Waals surface area (Å²) in [6, 6.07) is 8.24. The van der Waals surface area contributed by atoms with E-state index in [1.807, 2.05) is 24.3 Å². The summed E-state index contributed by atoms with van der Waals surface area (Å²) in [7, 11) is 0. The van der Waals surface area contributed by atoms with Crippen LogP contribution in [0.5, 0.6) is 5.75 Å². The second-order valence-corrected chi connectivity index (χ2v) is 4.76. The van der Waals surface area contributed by atoms with Gasteiger partial charge in [0.15, 0.2) is 6.61 Å². The normalized spacial score (nSPS) is 16.2. The number of primary amides is 1. The first-order chi connectivity index (χ1) is 8.74. The van der Waals surface area contributed by atoms with Crippen molar-refractivity contribution in [2.75, 3.05) is 11.9 Å². The number of anilines is 1. The van der Waals surface area contributed by atoms with Crippen molar-refractivity contribution in [2.24, 2.45) is 5.73 Å². The molecule has 18 heavy (non-hydrogen) atoms. The van der Waals surface area contributed by atoms with Gasteiger partial charge in [0.25, 0.3) is 5.91 Å². The zero-order valence-electron chi connectivity index (χ0n) is 10.5. The van der Waals surface area contributed by atoms with Crippen molar-refractivity contribution < 1.29 is 9.53 Å². The van der Waals surface area contributed by atoms with Crippen LogP contribution < -0.4 is 15.8 Å². The van der Waals surface area contributed by atoms with Crippen LogP contribution in [0.4, 0.5) is 5.69 Å². The van der Waals surface area contributed by atoms with Crippen LogP contribution in [0.3, 0.4) is 0 Å². The van der Waals surface area contributed by atoms with Crippen LogP contribution in [0.2, 0.25) is 0 Å². The van der Waals surface area contributed by atoms with Gasteiger partial charge in [0.1, 0.15) is 5.75 Å². The zero-order chi connectivity index (χ0) is 12.8. The Balaban J connectivity index is 1.91. The topological polar surface area (TPSA) is 64.4 Å². The number of carbonyl (C=O) groups is 1. The third-order valence-electron chi connectivity index (χ3n) is 3.19. The van der Waals surface area contributed by atoms with E-state index in [1.165, 1.54) is 32.1 Å². The van der Waals surface area contributed by atoms with Crippen LogP contribution in [-0.4, -0.2) is 18.6 Å². The lowest BCUT2D eigenvalue weighted by atomic mass is 9.95. The Hall–Kier alpha value is -1.71. The molecule has 0 spiro atoms. The third-order valence-corrected chi connectivity index (χ3v) is 3.19. The summed E-state index contributed by atoms with van der Waals surface area (Å²) in [4.78, 5) is 10.7. The number of carbonyl (C=O) groups excluding carboxylic acids is 1. The molecule has 2 rings (SSSR count). The van der Waals surface area contributed by atoms with Crippen LogP contribution >= 0.6 is 0 Å². The predicted octanol–water partition coefficient (Wildman–Crippen LogP) is 2.30. The molecule has 0 radical (unpaired) electrons. The van der Waals surface area contributed by atoms with E-state index in [0.717, 1.165) is 5.69 Å². The molecule has 0 heterocycles. The summed E-state index contributed by atoms with van der Waals surface area (Å²) in [6.07, 6.45) is 6.41. The van der Waals surface area contributed by atoms with Gasteiger partial charge < -0.3 is 15.8 Å². The van der Waals surface area contributed by atoms with Crippen LogP contribution in [-0.2, 0) is 4.79 Å². The van der Waals surface area contributed by atoms with Gasteiger partial charge in [-0.2, -0.15) is 0 Å². The predicted molar refractivity (Wildman–Crippen MR) is 71.6 cm³/mol. The zero-order valence-corrected chi connectivity index (χ0v) is 10.5. The fourth-order valence-electron chi connectivity index (χ4n) is 2.31. The summed E-state index contributed by atoms with van der Waals surface area (Å²) >= 11 is 0. The smallest absolute Gasteiger partial charge is 0.255 e. The Kier molecular flexibility index (Phi) is 4.45. The van der Waals surface area contributed by atoms with Crippen molar-refractivity contribution in [1.82, 2.24) is 0 Å². The Morgan fingerprint density at radius 1 is 1.33 bits per heavy atom. The van der Waals surface area contributed by atoms with Gasteiger partial charge in [-0.1, -0.05) is 25.3 Å². The lowest BCUT2D eigenvalue weighted by molar-refractivity contribution is -0.119. The van der Waals surface area contributed by atoms with E-state index in [2.05, 4.69) is 5.32 Å². The molecule has 1 aliphatic rings. The van der Waals surface area contributed by atoms with Crippen LogP contribution in [0.1, 0.15) is 32.1 Å². The van der Waals surface area contributed by atoms with E-state index >= 15 is 0 Å². The quantitative estimate of drug-likeness (QED) is 0.840. The monoisotopic (exact) mass is 248 g/mol. The van der Waals surface area contributed by atoms with E-state index in [0.29, 0.717) is 11.8 Å². The SMILES string of the molecule is NC(=O)COc1cccc(NC2CCCCC2)c1. The van der Waals surface area contributed by atoms with Crippen molar-refractivity contribution in [3.8, 4) is 5.75 Å². The molecule has 0 aromatic heterocycles. The van der Waals surface area contributed by atoms with Crippen molar-refractivity contribution >= 4 is 11.6 Å². The lowest BCUT2D eigenvalue weighted by Crippen LogP contribution is -2.22. The van der Waals surface area contributed by atoms with E-state index in [-0.39, 0.29) is 6.61 Å². The van der Waals surface area contributed by atoms with Gasteiger partial charge in [-0.25, -0.2) is 0 Å². The highest BCUT2D eigenvalue weighted by molar-refractivity contribution is 5.75. The van der Waals surface area contributed by atoms with E-state index in [1.54, 1.807) is 0 Å². The molecule has 1 aromatic rings. The fourth-order valence-corrected chi connectivity index (χ4v) is 2.31. The van der Waals surface area contributed by atoms with Gasteiger partial charge in [0.05, 0.1) is 0 Å². The minimum Gasteiger partial charge on any atom is -0.484 e. The van der Waals surface area contributed by atoms with Crippen molar-refractivity contribution in [2.45, 2.75) is 38.1 Å². The maximum absolute atomic E-state index is 10.7. The average molecular weight is 248 g/mol. The molecule has 1 saturated carbocycles. The van der Waals surface area contributed by atoms with Crippen molar-refractivity contribution in [3.05, 3.63) is 24.3 Å². The summed E-state index contributed by atoms with van der Waals surface area (Å²) < 4.78 is 5.28. The van der Waals surface area contributed by atoms with Crippen LogP contribution in [0, 0.1) is 0 Å². The highest BCUT2D eigenvalue weighted by atomic mass is 16.5. The molecule has 0 unspecified atom stereocenters. The van der Waals surface area contributed by atoms with Crippen molar-refractivity contribution in [3.63, 3.8) is 0 Å². The maximum atomic E-state index is 10.7. The van der Waals surface area contributed by atoms with E-state index in [4.69, 9.17) is 10.5 Å². The lowest BCUT2D eigenvalue weighted by Gasteiger charge is -2.24. The highest BCUT2D eigenvalue weighted by Crippen LogP contribution is 2.23. The second-order valence-electron chi connectivity index (χ2n) is 4.76. The van der Waals surface area contributed by atoms with E-state index < -0.39 is 5.91 Å². The summed E-state index contributed by atoms with van der Waals surface area (Å²) in [6.45, 7) is -0.0765. The summed E-state index contributed by atoms with van der Waals surface area (Å²) in [5.74, 6) is 0.218. The molecule has 1 amide bonds. The standard InChI is InChI=1S/C14H20N2O2/c15-14(17)10-18-13-8-4-7-12(9-13)16-11-5-2-1-3-6-11/h4,7-9,11,16H,1-3,5-6,10H2,(H2,15,17). The van der Waals surface area contributed by atoms with Gasteiger partial charge in [0.2, 0.25) is 0 Å². The molecule has 0 aliphatic heterocycles. The van der Waals surface area contributed by atoms with Crippen molar-refractivity contribution in [1.29, 1.82) is 0 Å². The number of amides is 1. The molecule has 1 aromatic carbocycles. The molecule has 0 bridgehead atoms. The molecule has 4 heteroatoms. The Bertz CT molecular complexity index is 401. The minimum absolute atomic E-state index is 0.0765. The number of rotatable bonds is 5. The van der Waals surface area contributed by atoms with Crippen LogP contribution in [0.25, 0.3) is 0 Å². The largest absolute Gasteiger partial charge is 0.484 e. The van der Waals surface area contributed by atoms with Gasteiger partial charge >= 0.3 is 0 Å². The molecule has 3 N–H and O–H groups in total. The number of benzene rings is 1. The molecule has 0 atom stereocenters. The Morgan fingerprint density at radius 2 is 2.11 bits per heavy atom. The molecule has 1 aliphatic carbocycles. The second kappa shape index (κ2) is 6.28. The first kappa shape index (κ1) is 12.7. The molecule has 1 fully saturated rings. The highest BCUT2D eigenvalue weighted by Gasteiger charge is 2.12. The van der Waals surface area contributed by atoms with Gasteiger partial charge in [-0.3, -0.25) is 4.79 Å². The molecular weight excluding hydrogens is 228 g/mol. The third kappa shape index (κ3) is 3.95. The summed E-state index contributed by atoms with van der Waals surface area (Å²) in [5, 5.41) is 3.51. The maximum Gasteiger partial charge on any atom is 0.255 e. The fraction of sp³-hybridized carbons (Fsp3) is 0.500. The first-order valence-electron chi connectivity index (χ1n) is 6.52. The van der Waals surface area contributed by atoms with Gasteiger partial charge in [-0.15, -0.1) is 0 Å². The molecule has 98 valence electrons.